The molecule has 0 fully saturated rings. The van der Waals surface area contributed by atoms with Crippen molar-refractivity contribution in [3.8, 4) is 0 Å². The highest BCUT2D eigenvalue weighted by Gasteiger charge is 2.38. The topological polar surface area (TPSA) is 147 Å². The summed E-state index contributed by atoms with van der Waals surface area (Å²) in [6, 6.07) is 0. The van der Waals surface area contributed by atoms with E-state index in [4.69, 9.17) is 19.0 Å². The van der Waals surface area contributed by atoms with Crippen LogP contribution in [0.15, 0.2) is 76.7 Å². The van der Waals surface area contributed by atoms with Crippen molar-refractivity contribution in [3.05, 3.63) is 71.6 Å². The predicted molar refractivity (Wildman–Crippen MR) is 199 cm³/mol. The Hall–Kier alpha value is -3.02. The van der Waals surface area contributed by atoms with Crippen molar-refractivity contribution in [2.24, 2.45) is 40.7 Å². The third-order valence-corrected chi connectivity index (χ3v) is 9.67. The van der Waals surface area contributed by atoms with Crippen molar-refractivity contribution < 1.29 is 44.3 Å². The van der Waals surface area contributed by atoms with E-state index < -0.39 is 54.4 Å². The second kappa shape index (κ2) is 22.7. The summed E-state index contributed by atoms with van der Waals surface area (Å²) in [4.78, 5) is 18.8. The number of hydrogen-bond acceptors (Lipinski definition) is 10. The fourth-order valence-corrected chi connectivity index (χ4v) is 6.40. The van der Waals surface area contributed by atoms with Gasteiger partial charge in [-0.1, -0.05) is 100 Å². The maximum Gasteiger partial charge on any atom is 0.373 e. The molecule has 0 aromatic heterocycles. The summed E-state index contributed by atoms with van der Waals surface area (Å²) < 4.78 is 17.4. The van der Waals surface area contributed by atoms with Crippen LogP contribution >= 0.6 is 0 Å². The van der Waals surface area contributed by atoms with Crippen LogP contribution in [0.5, 0.6) is 0 Å². The molecule has 0 radical (unpaired) electrons. The average Bonchev–Trinajstić information content (AvgIpc) is 3.08. The molecule has 284 valence electrons. The van der Waals surface area contributed by atoms with Gasteiger partial charge in [-0.15, -0.1) is 0 Å². The lowest BCUT2D eigenvalue weighted by atomic mass is 9.79. The number of methoxy groups -OCH3 is 2. The molecule has 0 saturated carbocycles. The number of aliphatic hydroxyl groups excluding tert-OH is 4. The second-order valence-electron chi connectivity index (χ2n) is 13.8. The molecular formula is C40H65NO9. The number of allylic oxidation sites excluding steroid dienone is 7. The molecule has 50 heavy (non-hydrogen) atoms. The van der Waals surface area contributed by atoms with Crippen molar-refractivity contribution >= 4 is 11.7 Å². The van der Waals surface area contributed by atoms with Crippen LogP contribution in [0.3, 0.4) is 0 Å². The predicted octanol–water partition coefficient (Wildman–Crippen LogP) is 6.08. The first-order valence-electron chi connectivity index (χ1n) is 17.7. The van der Waals surface area contributed by atoms with Crippen LogP contribution < -0.4 is 0 Å². The van der Waals surface area contributed by atoms with Crippen LogP contribution in [0.4, 0.5) is 0 Å². The van der Waals surface area contributed by atoms with Crippen LogP contribution in [-0.4, -0.2) is 90.1 Å². The number of cyclic esters (lactones) is 1. The Labute approximate surface area is 300 Å². The largest absolute Gasteiger partial charge is 0.490 e. The van der Waals surface area contributed by atoms with E-state index in [1.54, 1.807) is 57.2 Å². The van der Waals surface area contributed by atoms with Gasteiger partial charge in [-0.3, -0.25) is 0 Å². The van der Waals surface area contributed by atoms with Crippen molar-refractivity contribution in [3.63, 3.8) is 0 Å². The minimum atomic E-state index is -1.07. The van der Waals surface area contributed by atoms with E-state index >= 15 is 0 Å². The quantitative estimate of drug-likeness (QED) is 0.0822. The van der Waals surface area contributed by atoms with Crippen LogP contribution in [0.1, 0.15) is 75.2 Å². The highest BCUT2D eigenvalue weighted by atomic mass is 16.6. The Kier molecular flexibility index (Phi) is 20.5. The van der Waals surface area contributed by atoms with E-state index in [0.717, 1.165) is 5.57 Å². The number of hydrogen-bond donors (Lipinski definition) is 4. The van der Waals surface area contributed by atoms with Gasteiger partial charge in [0, 0.05) is 36.7 Å². The molecule has 1 aliphatic heterocycles. The summed E-state index contributed by atoms with van der Waals surface area (Å²) in [7, 11) is 4.30. The molecule has 0 aromatic rings. The highest BCUT2D eigenvalue weighted by Crippen LogP contribution is 2.30. The standard InChI is InChI=1S/C40H65NO9/c1-13-16-33(42)26(5)19-20-32(41-49-12)29(8)38(45)30(9)39-34(47-10)18-15-17-24(3)21-27(6)36(43)31(14-2)37(44)28(7)22-25(4)23-35(48-11)40(46)50-39/h13,15-20,22-23,26-31,33-34,36-39,42-45H,14,21H2,1-12H3/b16-13+,18-15+,20-19+,24-17+,25-22+,35-23-,41-32-. The van der Waals surface area contributed by atoms with Gasteiger partial charge < -0.3 is 39.5 Å². The molecule has 0 amide bonds. The minimum Gasteiger partial charge on any atom is -0.490 e. The number of rotatable bonds is 12. The second-order valence-corrected chi connectivity index (χ2v) is 13.8. The van der Waals surface area contributed by atoms with Crippen LogP contribution in [0, 0.1) is 35.5 Å². The number of carbonyl (C=O) groups excluding carboxylic acids is 1. The summed E-state index contributed by atoms with van der Waals surface area (Å²) >= 11 is 0. The van der Waals surface area contributed by atoms with E-state index in [1.807, 2.05) is 59.8 Å². The van der Waals surface area contributed by atoms with Crippen LogP contribution in [-0.2, 0) is 23.8 Å². The van der Waals surface area contributed by atoms with Gasteiger partial charge in [0.1, 0.15) is 19.3 Å². The first-order valence-corrected chi connectivity index (χ1v) is 17.7. The lowest BCUT2D eigenvalue weighted by molar-refractivity contribution is -0.161. The number of nitrogens with zero attached hydrogens (tertiary/aromatic N) is 1. The lowest BCUT2D eigenvalue weighted by Crippen LogP contribution is -2.45. The first kappa shape index (κ1) is 45.0. The normalized spacial score (nSPS) is 33.7. The van der Waals surface area contributed by atoms with E-state index in [0.29, 0.717) is 24.1 Å². The molecule has 1 rings (SSSR count). The molecule has 1 aliphatic rings. The number of ether oxygens (including phenoxy) is 3. The molecule has 10 heteroatoms. The molecular weight excluding hydrogens is 638 g/mol. The Bertz CT molecular complexity index is 1250. The Morgan fingerprint density at radius 3 is 2.30 bits per heavy atom. The van der Waals surface area contributed by atoms with E-state index in [-0.39, 0.29) is 29.4 Å². The smallest absolute Gasteiger partial charge is 0.373 e. The van der Waals surface area contributed by atoms with Crippen molar-refractivity contribution in [2.45, 2.75) is 112 Å². The summed E-state index contributed by atoms with van der Waals surface area (Å²) in [6.07, 6.45) is 12.1. The summed E-state index contributed by atoms with van der Waals surface area (Å²) in [5.41, 5.74) is 2.12. The number of carbonyl (C=O) groups is 1. The van der Waals surface area contributed by atoms with Gasteiger partial charge in [-0.05, 0) is 51.7 Å². The van der Waals surface area contributed by atoms with Crippen molar-refractivity contribution in [1.29, 1.82) is 0 Å². The zero-order valence-corrected chi connectivity index (χ0v) is 32.3. The third kappa shape index (κ3) is 13.6. The maximum atomic E-state index is 13.7. The third-order valence-electron chi connectivity index (χ3n) is 9.67. The molecule has 4 N–H and O–H groups in total. The Balaban J connectivity index is 3.68. The Morgan fingerprint density at radius 2 is 1.74 bits per heavy atom. The van der Waals surface area contributed by atoms with Crippen LogP contribution in [0.2, 0.25) is 0 Å². The maximum absolute atomic E-state index is 13.7. The fourth-order valence-electron chi connectivity index (χ4n) is 6.40. The van der Waals surface area contributed by atoms with Gasteiger partial charge in [0.2, 0.25) is 5.76 Å². The van der Waals surface area contributed by atoms with Gasteiger partial charge in [-0.2, -0.15) is 0 Å². The molecule has 0 spiro atoms. The molecule has 0 aromatic carbocycles. The molecule has 0 aliphatic carbocycles. The monoisotopic (exact) mass is 703 g/mol. The fraction of sp³-hybridized carbons (Fsp3) is 0.650. The number of oxime groups is 1. The number of esters is 1. The molecule has 12 atom stereocenters. The Morgan fingerprint density at radius 1 is 1.08 bits per heavy atom. The average molecular weight is 704 g/mol. The zero-order valence-electron chi connectivity index (χ0n) is 32.3. The highest BCUT2D eigenvalue weighted by molar-refractivity contribution is 5.96. The van der Waals surface area contributed by atoms with Gasteiger partial charge in [0.25, 0.3) is 0 Å². The summed E-state index contributed by atoms with van der Waals surface area (Å²) in [5, 5.41) is 48.8. The van der Waals surface area contributed by atoms with E-state index in [2.05, 4.69) is 5.16 Å². The molecule has 12 unspecified atom stereocenters. The van der Waals surface area contributed by atoms with E-state index in [1.165, 1.54) is 21.3 Å². The summed E-state index contributed by atoms with van der Waals surface area (Å²) in [6.45, 7) is 16.9. The zero-order chi connectivity index (χ0) is 38.1. The van der Waals surface area contributed by atoms with Crippen LogP contribution in [0.25, 0.3) is 0 Å². The SMILES string of the molecule is C/C=C/C(O)C(C)/C=C/C(=N/OC)C(C)C(O)C(C)C1OC(=O)/C(OC)=C/C(C)=C/C(C)C(O)C(CC)C(O)C(C)C/C(C)=C/C=C/C1OC. The van der Waals surface area contributed by atoms with Crippen molar-refractivity contribution in [1.82, 2.24) is 0 Å². The minimum absolute atomic E-state index is 0.0604. The summed E-state index contributed by atoms with van der Waals surface area (Å²) in [5.74, 6) is -3.04. The van der Waals surface area contributed by atoms with Gasteiger partial charge in [0.05, 0.1) is 37.2 Å². The van der Waals surface area contributed by atoms with Gasteiger partial charge in [-0.25, -0.2) is 4.79 Å². The van der Waals surface area contributed by atoms with E-state index in [9.17, 15) is 25.2 Å². The van der Waals surface area contributed by atoms with Gasteiger partial charge in [0.15, 0.2) is 0 Å². The molecule has 0 saturated heterocycles. The first-order chi connectivity index (χ1) is 23.6. The molecule has 1 heterocycles. The molecule has 0 bridgehead atoms. The lowest BCUT2D eigenvalue weighted by Gasteiger charge is -2.34. The molecule has 10 nitrogen and oxygen atoms in total. The van der Waals surface area contributed by atoms with Crippen molar-refractivity contribution in [2.75, 3.05) is 21.3 Å². The number of aliphatic hydroxyl groups is 4. The van der Waals surface area contributed by atoms with Gasteiger partial charge >= 0.3 is 5.97 Å².